The number of nitrogens with one attached hydrogen (secondary N) is 2. The van der Waals surface area contributed by atoms with Gasteiger partial charge >= 0.3 is 6.09 Å². The highest BCUT2D eigenvalue weighted by molar-refractivity contribution is 5.86. The lowest BCUT2D eigenvalue weighted by Crippen LogP contribution is -2.55. The molecule has 1 saturated heterocycles. The van der Waals surface area contributed by atoms with Crippen molar-refractivity contribution >= 4 is 12.0 Å². The van der Waals surface area contributed by atoms with Gasteiger partial charge in [0.15, 0.2) is 0 Å². The lowest BCUT2D eigenvalue weighted by molar-refractivity contribution is -0.126. The molecule has 6 nitrogen and oxygen atoms in total. The van der Waals surface area contributed by atoms with E-state index in [9.17, 15) is 9.59 Å². The normalized spacial score (nSPS) is 26.4. The van der Waals surface area contributed by atoms with Crippen LogP contribution in [0.5, 0.6) is 0 Å². The van der Waals surface area contributed by atoms with E-state index in [4.69, 9.17) is 5.11 Å². The fraction of sp³-hybridized carbons (Fsp3) is 0.619. The van der Waals surface area contributed by atoms with Gasteiger partial charge in [-0.05, 0) is 35.7 Å². The van der Waals surface area contributed by atoms with E-state index in [0.717, 1.165) is 32.5 Å². The highest BCUT2D eigenvalue weighted by atomic mass is 16.4. The Hall–Kier alpha value is -2.08. The standard InChI is InChI=1S/C21H31N3O3/c1-21(2,3)18(23-20(26)27)19(25)22-17-10-9-15-12-24(13-16(15)17)11-14-7-5-4-6-8-14/h4-8,15-18,23H,9-13H2,1-3H3,(H,22,25)(H,26,27)/t15-,16?,17?,18-/m1/s1. The number of benzene rings is 1. The average molecular weight is 373 g/mol. The minimum Gasteiger partial charge on any atom is -0.465 e. The van der Waals surface area contributed by atoms with Crippen molar-refractivity contribution in [3.63, 3.8) is 0 Å². The van der Waals surface area contributed by atoms with Crippen LogP contribution in [0.1, 0.15) is 39.2 Å². The smallest absolute Gasteiger partial charge is 0.405 e. The van der Waals surface area contributed by atoms with Gasteiger partial charge < -0.3 is 15.7 Å². The van der Waals surface area contributed by atoms with Crippen molar-refractivity contribution in [1.29, 1.82) is 0 Å². The van der Waals surface area contributed by atoms with Gasteiger partial charge in [0.2, 0.25) is 5.91 Å². The van der Waals surface area contributed by atoms with Crippen LogP contribution in [0.3, 0.4) is 0 Å². The maximum Gasteiger partial charge on any atom is 0.405 e. The van der Waals surface area contributed by atoms with Crippen LogP contribution in [0.15, 0.2) is 30.3 Å². The minimum atomic E-state index is -1.16. The van der Waals surface area contributed by atoms with Gasteiger partial charge in [0, 0.05) is 25.7 Å². The van der Waals surface area contributed by atoms with Gasteiger partial charge in [0.1, 0.15) is 6.04 Å². The number of carbonyl (C=O) groups is 2. The Labute approximate surface area is 161 Å². The molecule has 3 N–H and O–H groups in total. The van der Waals surface area contributed by atoms with Crippen LogP contribution < -0.4 is 10.6 Å². The third-order valence-electron chi connectivity index (χ3n) is 5.91. The molecule has 1 aliphatic heterocycles. The van der Waals surface area contributed by atoms with Crippen LogP contribution in [0.25, 0.3) is 0 Å². The molecule has 1 aromatic carbocycles. The number of hydrogen-bond donors (Lipinski definition) is 3. The summed E-state index contributed by atoms with van der Waals surface area (Å²) >= 11 is 0. The number of carbonyl (C=O) groups excluding carboxylic acids is 1. The van der Waals surface area contributed by atoms with Gasteiger partial charge in [0.05, 0.1) is 0 Å². The molecule has 148 valence electrons. The van der Waals surface area contributed by atoms with E-state index >= 15 is 0 Å². The zero-order chi connectivity index (χ0) is 19.6. The average Bonchev–Trinajstić information content (AvgIpc) is 3.14. The summed E-state index contributed by atoms with van der Waals surface area (Å²) in [5.74, 6) is 0.847. The maximum atomic E-state index is 12.8. The number of likely N-dealkylation sites (tertiary alicyclic amines) is 1. The van der Waals surface area contributed by atoms with E-state index in [1.165, 1.54) is 5.56 Å². The molecular weight excluding hydrogens is 342 g/mol. The first-order valence-electron chi connectivity index (χ1n) is 9.80. The second-order valence-electron chi connectivity index (χ2n) is 9.04. The van der Waals surface area contributed by atoms with Crippen LogP contribution >= 0.6 is 0 Å². The van der Waals surface area contributed by atoms with Crippen molar-refractivity contribution in [2.45, 2.75) is 52.2 Å². The van der Waals surface area contributed by atoms with Gasteiger partial charge in [-0.25, -0.2) is 4.79 Å². The fourth-order valence-electron chi connectivity index (χ4n) is 4.57. The summed E-state index contributed by atoms with van der Waals surface area (Å²) in [5, 5.41) is 14.6. The minimum absolute atomic E-state index is 0.128. The highest BCUT2D eigenvalue weighted by Gasteiger charge is 2.44. The first-order chi connectivity index (χ1) is 12.7. The number of nitrogens with zero attached hydrogens (tertiary/aromatic N) is 1. The molecule has 2 amide bonds. The van der Waals surface area contributed by atoms with Crippen molar-refractivity contribution in [2.75, 3.05) is 13.1 Å². The number of rotatable bonds is 5. The van der Waals surface area contributed by atoms with Crippen molar-refractivity contribution in [3.05, 3.63) is 35.9 Å². The first-order valence-corrected chi connectivity index (χ1v) is 9.80. The Balaban J connectivity index is 1.60. The summed E-state index contributed by atoms with van der Waals surface area (Å²) in [6.45, 7) is 8.63. The van der Waals surface area contributed by atoms with Crippen LogP contribution in [0.2, 0.25) is 0 Å². The Morgan fingerprint density at radius 3 is 2.52 bits per heavy atom. The third kappa shape index (κ3) is 4.80. The molecule has 2 fully saturated rings. The molecule has 1 saturated carbocycles. The van der Waals surface area contributed by atoms with E-state index in [0.29, 0.717) is 11.8 Å². The van der Waals surface area contributed by atoms with E-state index in [2.05, 4.69) is 39.8 Å². The lowest BCUT2D eigenvalue weighted by Gasteiger charge is -2.31. The van der Waals surface area contributed by atoms with Crippen LogP contribution in [-0.4, -0.2) is 47.2 Å². The first kappa shape index (κ1) is 19.7. The third-order valence-corrected chi connectivity index (χ3v) is 5.91. The van der Waals surface area contributed by atoms with Gasteiger partial charge in [-0.2, -0.15) is 0 Å². The number of fused-ring (bicyclic) bond motifs is 1. The van der Waals surface area contributed by atoms with Gasteiger partial charge in [-0.3, -0.25) is 9.69 Å². The van der Waals surface area contributed by atoms with E-state index in [1.807, 2.05) is 26.8 Å². The van der Waals surface area contributed by atoms with Gasteiger partial charge in [0.25, 0.3) is 0 Å². The molecule has 1 heterocycles. The fourth-order valence-corrected chi connectivity index (χ4v) is 4.57. The summed E-state index contributed by atoms with van der Waals surface area (Å²) in [6, 6.07) is 9.84. The second-order valence-corrected chi connectivity index (χ2v) is 9.04. The van der Waals surface area contributed by atoms with Crippen LogP contribution in [-0.2, 0) is 11.3 Å². The highest BCUT2D eigenvalue weighted by Crippen LogP contribution is 2.39. The van der Waals surface area contributed by atoms with Crippen LogP contribution in [0, 0.1) is 17.3 Å². The summed E-state index contributed by atoms with van der Waals surface area (Å²) in [5.41, 5.74) is 0.840. The Morgan fingerprint density at radius 2 is 1.89 bits per heavy atom. The molecule has 1 aromatic rings. The molecule has 0 radical (unpaired) electrons. The molecule has 6 heteroatoms. The van der Waals surface area contributed by atoms with E-state index in [-0.39, 0.29) is 11.9 Å². The summed E-state index contributed by atoms with van der Waals surface area (Å²) < 4.78 is 0. The quantitative estimate of drug-likeness (QED) is 0.741. The van der Waals surface area contributed by atoms with E-state index in [1.54, 1.807) is 0 Å². The summed E-state index contributed by atoms with van der Waals surface area (Å²) in [7, 11) is 0. The largest absolute Gasteiger partial charge is 0.465 e. The molecular formula is C21H31N3O3. The lowest BCUT2D eigenvalue weighted by atomic mass is 9.85. The monoisotopic (exact) mass is 373 g/mol. The molecule has 2 unspecified atom stereocenters. The molecule has 4 atom stereocenters. The Kier molecular flexibility index (Phi) is 5.75. The zero-order valence-electron chi connectivity index (χ0n) is 16.4. The number of amides is 2. The molecule has 2 aliphatic rings. The SMILES string of the molecule is CC(C)(C)[C@H](NC(=O)O)C(=O)NC1CC[C@@H]2CN(Cc3ccccc3)CC12. The van der Waals surface area contributed by atoms with Crippen LogP contribution in [0.4, 0.5) is 4.79 Å². The van der Waals surface area contributed by atoms with Crippen molar-refractivity contribution in [1.82, 2.24) is 15.5 Å². The Morgan fingerprint density at radius 1 is 1.19 bits per heavy atom. The molecule has 0 aromatic heterocycles. The van der Waals surface area contributed by atoms with Crippen molar-refractivity contribution < 1.29 is 14.7 Å². The second kappa shape index (κ2) is 7.89. The van der Waals surface area contributed by atoms with E-state index < -0.39 is 17.6 Å². The van der Waals surface area contributed by atoms with Gasteiger partial charge in [-0.1, -0.05) is 51.1 Å². The molecule has 0 spiro atoms. The predicted molar refractivity (Wildman–Crippen MR) is 104 cm³/mol. The summed E-state index contributed by atoms with van der Waals surface area (Å²) in [4.78, 5) is 26.4. The zero-order valence-corrected chi connectivity index (χ0v) is 16.4. The molecule has 0 bridgehead atoms. The number of carboxylic acid groups (broad SMARTS) is 1. The maximum absolute atomic E-state index is 12.8. The van der Waals surface area contributed by atoms with Gasteiger partial charge in [-0.15, -0.1) is 0 Å². The predicted octanol–water partition coefficient (Wildman–Crippen LogP) is 2.70. The Bertz CT molecular complexity index is 671. The summed E-state index contributed by atoms with van der Waals surface area (Å²) in [6.07, 6.45) is 0.932. The number of hydrogen-bond acceptors (Lipinski definition) is 3. The van der Waals surface area contributed by atoms with Crippen molar-refractivity contribution in [3.8, 4) is 0 Å². The molecule has 3 rings (SSSR count). The molecule has 1 aliphatic carbocycles. The van der Waals surface area contributed by atoms with Crippen molar-refractivity contribution in [2.24, 2.45) is 17.3 Å². The molecule has 27 heavy (non-hydrogen) atoms. The topological polar surface area (TPSA) is 81.7 Å².